The predicted octanol–water partition coefficient (Wildman–Crippen LogP) is 2.24. The van der Waals surface area contributed by atoms with Crippen LogP contribution in [0.5, 0.6) is 0 Å². The second kappa shape index (κ2) is 3.53. The molecule has 1 aliphatic carbocycles. The van der Waals surface area contributed by atoms with E-state index in [1.807, 2.05) is 6.92 Å². The number of rotatable bonds is 1. The van der Waals surface area contributed by atoms with Gasteiger partial charge in [-0.2, -0.15) is 0 Å². The van der Waals surface area contributed by atoms with Gasteiger partial charge >= 0.3 is 0 Å². The minimum absolute atomic E-state index is 0.448. The van der Waals surface area contributed by atoms with Crippen molar-refractivity contribution in [2.24, 2.45) is 0 Å². The molecule has 1 atom stereocenters. The number of benzene rings is 1. The van der Waals surface area contributed by atoms with Gasteiger partial charge in [0.1, 0.15) is 0 Å². The first kappa shape index (κ1) is 8.19. The summed E-state index contributed by atoms with van der Waals surface area (Å²) in [5, 5.41) is 3.23. The molecule has 1 N–H and O–H groups in total. The van der Waals surface area contributed by atoms with Crippen LogP contribution in [0.1, 0.15) is 30.5 Å². The highest BCUT2D eigenvalue weighted by molar-refractivity contribution is 5.34. The highest BCUT2D eigenvalue weighted by Crippen LogP contribution is 2.30. The topological polar surface area (TPSA) is 12.0 Å². The van der Waals surface area contributed by atoms with Crippen LogP contribution in [-0.4, -0.2) is 0 Å². The summed E-state index contributed by atoms with van der Waals surface area (Å²) in [6, 6.07) is 12.0. The molecule has 0 saturated heterocycles. The van der Waals surface area contributed by atoms with Crippen molar-refractivity contribution in [3.05, 3.63) is 35.4 Å². The van der Waals surface area contributed by atoms with Gasteiger partial charge in [0, 0.05) is 6.04 Å². The molecule has 0 aromatic heterocycles. The fraction of sp³-hybridized carbons (Fsp3) is 0.333. The zero-order valence-electron chi connectivity index (χ0n) is 7.80. The van der Waals surface area contributed by atoms with Gasteiger partial charge in [-0.05, 0) is 30.9 Å². The van der Waals surface area contributed by atoms with Gasteiger partial charge in [-0.25, -0.2) is 0 Å². The van der Waals surface area contributed by atoms with E-state index in [2.05, 4.69) is 41.5 Å². The van der Waals surface area contributed by atoms with Crippen molar-refractivity contribution in [1.82, 2.24) is 5.32 Å². The molecule has 1 aliphatic rings. The van der Waals surface area contributed by atoms with Gasteiger partial charge in [0.2, 0.25) is 0 Å². The number of hydrogen-bond donors (Lipinski definition) is 1. The van der Waals surface area contributed by atoms with E-state index in [9.17, 15) is 0 Å². The van der Waals surface area contributed by atoms with E-state index in [1.54, 1.807) is 0 Å². The smallest absolute Gasteiger partial charge is 0.0595 e. The van der Waals surface area contributed by atoms with Gasteiger partial charge in [-0.1, -0.05) is 30.2 Å². The van der Waals surface area contributed by atoms with E-state index < -0.39 is 0 Å². The molecular formula is C12H13N. The summed E-state index contributed by atoms with van der Waals surface area (Å²) in [5.41, 5.74) is 2.89. The van der Waals surface area contributed by atoms with Crippen LogP contribution >= 0.6 is 0 Å². The third-order valence-corrected chi connectivity index (χ3v) is 2.50. The first-order chi connectivity index (χ1) is 6.42. The van der Waals surface area contributed by atoms with Crippen LogP contribution in [0.4, 0.5) is 0 Å². The van der Waals surface area contributed by atoms with Gasteiger partial charge in [0.15, 0.2) is 0 Å². The first-order valence-electron chi connectivity index (χ1n) is 4.67. The van der Waals surface area contributed by atoms with Gasteiger partial charge in [-0.15, -0.1) is 0 Å². The van der Waals surface area contributed by atoms with Gasteiger partial charge in [0.25, 0.3) is 0 Å². The zero-order chi connectivity index (χ0) is 9.10. The van der Waals surface area contributed by atoms with Crippen molar-refractivity contribution in [1.29, 1.82) is 0 Å². The quantitative estimate of drug-likeness (QED) is 0.504. The van der Waals surface area contributed by atoms with Crippen molar-refractivity contribution in [3.63, 3.8) is 0 Å². The number of fused-ring (bicyclic) bond motifs is 1. The molecule has 1 aromatic carbocycles. The van der Waals surface area contributed by atoms with Crippen LogP contribution in [0.2, 0.25) is 0 Å². The molecule has 0 radical (unpaired) electrons. The molecule has 13 heavy (non-hydrogen) atoms. The summed E-state index contributed by atoms with van der Waals surface area (Å²) < 4.78 is 0. The largest absolute Gasteiger partial charge is 0.338 e. The molecule has 0 aliphatic heterocycles. The van der Waals surface area contributed by atoms with E-state index in [-0.39, 0.29) is 0 Å². The Bertz CT molecular complexity index is 357. The summed E-state index contributed by atoms with van der Waals surface area (Å²) in [7, 11) is 0. The Morgan fingerprint density at radius 2 is 2.23 bits per heavy atom. The highest BCUT2D eigenvalue weighted by atomic mass is 14.9. The van der Waals surface area contributed by atoms with E-state index in [1.165, 1.54) is 24.0 Å². The van der Waals surface area contributed by atoms with Crippen molar-refractivity contribution in [2.45, 2.75) is 25.8 Å². The van der Waals surface area contributed by atoms with E-state index in [0.29, 0.717) is 6.04 Å². The van der Waals surface area contributed by atoms with E-state index in [0.717, 1.165) is 0 Å². The minimum Gasteiger partial charge on any atom is -0.338 e. The fourth-order valence-electron chi connectivity index (χ4n) is 1.87. The lowest BCUT2D eigenvalue weighted by Gasteiger charge is -2.08. The Kier molecular flexibility index (Phi) is 2.23. The molecule has 0 fully saturated rings. The Balaban J connectivity index is 2.21. The van der Waals surface area contributed by atoms with Gasteiger partial charge in [0.05, 0.1) is 6.04 Å². The average Bonchev–Trinajstić information content (AvgIpc) is 2.58. The summed E-state index contributed by atoms with van der Waals surface area (Å²) in [6.07, 6.45) is 2.35. The molecule has 0 spiro atoms. The summed E-state index contributed by atoms with van der Waals surface area (Å²) in [6.45, 7) is 1.86. The van der Waals surface area contributed by atoms with E-state index in [4.69, 9.17) is 0 Å². The maximum atomic E-state index is 3.23. The Hall–Kier alpha value is -1.42. The first-order valence-corrected chi connectivity index (χ1v) is 4.67. The molecule has 2 rings (SSSR count). The van der Waals surface area contributed by atoms with Crippen molar-refractivity contribution in [2.75, 3.05) is 0 Å². The highest BCUT2D eigenvalue weighted by Gasteiger charge is 2.20. The van der Waals surface area contributed by atoms with Crippen LogP contribution in [0.3, 0.4) is 0 Å². The Morgan fingerprint density at radius 3 is 3.08 bits per heavy atom. The zero-order valence-corrected chi connectivity index (χ0v) is 7.80. The maximum Gasteiger partial charge on any atom is 0.0595 e. The van der Waals surface area contributed by atoms with Crippen LogP contribution < -0.4 is 5.32 Å². The molecule has 1 aromatic rings. The lowest BCUT2D eigenvalue weighted by Crippen LogP contribution is -2.12. The number of hydrogen-bond acceptors (Lipinski definition) is 1. The fourth-order valence-corrected chi connectivity index (χ4v) is 1.87. The van der Waals surface area contributed by atoms with Crippen LogP contribution in [0.25, 0.3) is 0 Å². The van der Waals surface area contributed by atoms with Gasteiger partial charge in [-0.3, -0.25) is 0 Å². The lowest BCUT2D eigenvalue weighted by molar-refractivity contribution is 0.630. The molecule has 1 nitrogen and oxygen atoms in total. The average molecular weight is 171 g/mol. The second-order valence-electron chi connectivity index (χ2n) is 3.31. The van der Waals surface area contributed by atoms with Gasteiger partial charge < -0.3 is 5.32 Å². The van der Waals surface area contributed by atoms with E-state index >= 15 is 0 Å². The Labute approximate surface area is 79.2 Å². The molecule has 0 saturated carbocycles. The summed E-state index contributed by atoms with van der Waals surface area (Å²) in [5.74, 6) is 2.86. The van der Waals surface area contributed by atoms with Crippen molar-refractivity contribution < 1.29 is 0 Å². The number of aryl methyl sites for hydroxylation is 1. The molecule has 0 amide bonds. The van der Waals surface area contributed by atoms with Crippen molar-refractivity contribution in [3.8, 4) is 12.0 Å². The Morgan fingerprint density at radius 1 is 1.38 bits per heavy atom. The molecular weight excluding hydrogens is 158 g/mol. The summed E-state index contributed by atoms with van der Waals surface area (Å²) in [4.78, 5) is 0. The van der Waals surface area contributed by atoms with Crippen molar-refractivity contribution >= 4 is 0 Å². The number of nitrogens with one attached hydrogen (secondary N) is 1. The third-order valence-electron chi connectivity index (χ3n) is 2.50. The standard InChI is InChI=1S/C12H13N/c1-2-9-13-12-8-7-10-5-3-4-6-11(10)12/h3-6,12-13H,7-8H2,1H3/t12-/m0/s1. The molecule has 0 unspecified atom stereocenters. The van der Waals surface area contributed by atoms with Crippen LogP contribution in [0, 0.1) is 12.0 Å². The SMILES string of the molecule is CC#CN[C@H]1CCc2ccccc21. The predicted molar refractivity (Wildman–Crippen MR) is 54.1 cm³/mol. The molecule has 66 valence electrons. The minimum atomic E-state index is 0.448. The molecule has 0 bridgehead atoms. The second-order valence-corrected chi connectivity index (χ2v) is 3.31. The third kappa shape index (κ3) is 1.53. The lowest BCUT2D eigenvalue weighted by atomic mass is 10.1. The molecule has 1 heteroatoms. The maximum absolute atomic E-state index is 3.23. The normalized spacial score (nSPS) is 18.7. The monoisotopic (exact) mass is 171 g/mol. The van der Waals surface area contributed by atoms with Crippen LogP contribution in [0.15, 0.2) is 24.3 Å². The molecule has 0 heterocycles. The van der Waals surface area contributed by atoms with Crippen LogP contribution in [-0.2, 0) is 6.42 Å². The summed E-state index contributed by atoms with van der Waals surface area (Å²) >= 11 is 0.